The van der Waals surface area contributed by atoms with Gasteiger partial charge in [0, 0.05) is 0 Å². The maximum absolute atomic E-state index is 11.9. The van der Waals surface area contributed by atoms with Crippen molar-refractivity contribution in [1.29, 1.82) is 0 Å². The van der Waals surface area contributed by atoms with Crippen molar-refractivity contribution in [3.63, 3.8) is 0 Å². The molecule has 0 saturated heterocycles. The first-order valence-electron chi connectivity index (χ1n) is 3.69. The molecule has 13 heavy (non-hydrogen) atoms. The van der Waals surface area contributed by atoms with E-state index >= 15 is 0 Å². The van der Waals surface area contributed by atoms with Crippen molar-refractivity contribution in [2.24, 2.45) is 11.7 Å². The molecule has 0 unspecified atom stereocenters. The zero-order valence-corrected chi connectivity index (χ0v) is 8.45. The molecule has 1 fully saturated rings. The SMILES string of the molecule is Cl.NCC1CC(S(=O)(=O)C(F)F)C1. The molecular formula is C6H12ClF2NO2S. The Kier molecular flexibility index (Phi) is 4.54. The topological polar surface area (TPSA) is 60.2 Å². The molecule has 0 spiro atoms. The Bertz CT molecular complexity index is 251. The molecular weight excluding hydrogens is 224 g/mol. The summed E-state index contributed by atoms with van der Waals surface area (Å²) in [6.07, 6.45) is 0.590. The van der Waals surface area contributed by atoms with Gasteiger partial charge >= 0.3 is 5.76 Å². The van der Waals surface area contributed by atoms with Gasteiger partial charge in [-0.3, -0.25) is 0 Å². The lowest BCUT2D eigenvalue weighted by Gasteiger charge is -2.33. The van der Waals surface area contributed by atoms with E-state index in [2.05, 4.69) is 0 Å². The molecule has 0 aromatic rings. The van der Waals surface area contributed by atoms with E-state index < -0.39 is 20.8 Å². The monoisotopic (exact) mass is 235 g/mol. The molecule has 2 N–H and O–H groups in total. The van der Waals surface area contributed by atoms with Crippen molar-refractivity contribution in [2.45, 2.75) is 23.8 Å². The summed E-state index contributed by atoms with van der Waals surface area (Å²) in [4.78, 5) is 0. The van der Waals surface area contributed by atoms with Crippen molar-refractivity contribution in [2.75, 3.05) is 6.54 Å². The van der Waals surface area contributed by atoms with Crippen LogP contribution in [0.5, 0.6) is 0 Å². The van der Waals surface area contributed by atoms with E-state index in [0.717, 1.165) is 0 Å². The smallest absolute Gasteiger partial charge is 0.330 e. The number of halogens is 3. The molecule has 0 aliphatic heterocycles. The van der Waals surface area contributed by atoms with Gasteiger partial charge in [0.1, 0.15) is 0 Å². The number of hydrogen-bond acceptors (Lipinski definition) is 3. The maximum atomic E-state index is 11.9. The van der Waals surface area contributed by atoms with Crippen LogP contribution in [-0.2, 0) is 9.84 Å². The minimum absolute atomic E-state index is 0. The zero-order valence-electron chi connectivity index (χ0n) is 6.82. The van der Waals surface area contributed by atoms with Crippen LogP contribution < -0.4 is 5.73 Å². The van der Waals surface area contributed by atoms with Gasteiger partial charge in [-0.2, -0.15) is 8.78 Å². The van der Waals surface area contributed by atoms with Crippen LogP contribution in [0.3, 0.4) is 0 Å². The molecule has 0 atom stereocenters. The minimum Gasteiger partial charge on any atom is -0.330 e. The second-order valence-electron chi connectivity index (χ2n) is 3.04. The van der Waals surface area contributed by atoms with Crippen LogP contribution in [0.4, 0.5) is 8.78 Å². The van der Waals surface area contributed by atoms with Gasteiger partial charge in [0.2, 0.25) is 9.84 Å². The number of sulfone groups is 1. The molecule has 0 aromatic carbocycles. The summed E-state index contributed by atoms with van der Waals surface area (Å²) in [5, 5.41) is -0.856. The molecule has 1 rings (SSSR count). The highest BCUT2D eigenvalue weighted by atomic mass is 35.5. The standard InChI is InChI=1S/C6H11F2NO2S.ClH/c7-6(8)12(10,11)5-1-4(2-5)3-9;/h4-6H,1-3,9H2;1H. The van der Waals surface area contributed by atoms with E-state index in [9.17, 15) is 17.2 Å². The summed E-state index contributed by atoms with van der Waals surface area (Å²) in [6, 6.07) is 0. The third-order valence-electron chi connectivity index (χ3n) is 2.24. The van der Waals surface area contributed by atoms with Crippen molar-refractivity contribution < 1.29 is 17.2 Å². The van der Waals surface area contributed by atoms with E-state index in [4.69, 9.17) is 5.73 Å². The van der Waals surface area contributed by atoms with Gasteiger partial charge in [0.15, 0.2) is 0 Å². The Hall–Kier alpha value is 0.0600. The van der Waals surface area contributed by atoms with Crippen LogP contribution in [-0.4, -0.2) is 26.0 Å². The zero-order chi connectivity index (χ0) is 9.35. The Labute approximate surface area is 82.0 Å². The highest BCUT2D eigenvalue weighted by molar-refractivity contribution is 7.92. The first-order valence-corrected chi connectivity index (χ1v) is 5.30. The first kappa shape index (κ1) is 13.1. The van der Waals surface area contributed by atoms with Crippen molar-refractivity contribution in [3.05, 3.63) is 0 Å². The molecule has 0 aromatic heterocycles. The molecule has 0 bridgehead atoms. The molecule has 1 saturated carbocycles. The van der Waals surface area contributed by atoms with E-state index in [1.807, 2.05) is 0 Å². The third kappa shape index (κ3) is 2.51. The Morgan fingerprint density at radius 3 is 2.15 bits per heavy atom. The van der Waals surface area contributed by atoms with E-state index in [0.29, 0.717) is 19.4 Å². The lowest BCUT2D eigenvalue weighted by Crippen LogP contribution is -2.41. The maximum Gasteiger partial charge on any atom is 0.337 e. The quantitative estimate of drug-likeness (QED) is 0.787. The van der Waals surface area contributed by atoms with Crippen LogP contribution in [0.25, 0.3) is 0 Å². The minimum atomic E-state index is -4.17. The highest BCUT2D eigenvalue weighted by Gasteiger charge is 2.42. The Morgan fingerprint density at radius 2 is 1.85 bits per heavy atom. The Balaban J connectivity index is 0.00000144. The molecule has 80 valence electrons. The summed E-state index contributed by atoms with van der Waals surface area (Å²) in [6.45, 7) is 0.384. The fourth-order valence-corrected chi connectivity index (χ4v) is 2.65. The fraction of sp³-hybridized carbons (Fsp3) is 1.00. The predicted octanol–water partition coefficient (Wildman–Crippen LogP) is 0.783. The second kappa shape index (κ2) is 4.52. The molecule has 1 aliphatic carbocycles. The largest absolute Gasteiger partial charge is 0.337 e. The molecule has 0 heterocycles. The van der Waals surface area contributed by atoms with E-state index in [-0.39, 0.29) is 18.3 Å². The summed E-state index contributed by atoms with van der Waals surface area (Å²) >= 11 is 0. The second-order valence-corrected chi connectivity index (χ2v) is 5.25. The van der Waals surface area contributed by atoms with Crippen molar-refractivity contribution in [1.82, 2.24) is 0 Å². The van der Waals surface area contributed by atoms with Crippen LogP contribution in [0, 0.1) is 5.92 Å². The summed E-state index contributed by atoms with van der Waals surface area (Å²) in [5.74, 6) is -3.12. The predicted molar refractivity (Wildman–Crippen MR) is 47.7 cm³/mol. The lowest BCUT2D eigenvalue weighted by molar-refractivity contribution is 0.222. The van der Waals surface area contributed by atoms with Gasteiger partial charge in [-0.25, -0.2) is 8.42 Å². The van der Waals surface area contributed by atoms with E-state index in [1.165, 1.54) is 0 Å². The van der Waals surface area contributed by atoms with Crippen molar-refractivity contribution in [3.8, 4) is 0 Å². The molecule has 0 amide bonds. The van der Waals surface area contributed by atoms with Gasteiger partial charge in [0.25, 0.3) is 0 Å². The molecule has 0 radical (unpaired) electrons. The lowest BCUT2D eigenvalue weighted by atomic mass is 9.85. The van der Waals surface area contributed by atoms with Crippen molar-refractivity contribution >= 4 is 22.2 Å². The van der Waals surface area contributed by atoms with Crippen LogP contribution in [0.2, 0.25) is 0 Å². The molecule has 1 aliphatic rings. The summed E-state index contributed by atoms with van der Waals surface area (Å²) in [7, 11) is -4.17. The number of hydrogen-bond donors (Lipinski definition) is 1. The molecule has 3 nitrogen and oxygen atoms in total. The van der Waals surface area contributed by atoms with Gasteiger partial charge in [-0.05, 0) is 25.3 Å². The highest BCUT2D eigenvalue weighted by Crippen LogP contribution is 2.34. The number of nitrogens with two attached hydrogens (primary N) is 1. The van der Waals surface area contributed by atoms with Crippen LogP contribution in [0.15, 0.2) is 0 Å². The van der Waals surface area contributed by atoms with Crippen LogP contribution in [0.1, 0.15) is 12.8 Å². The van der Waals surface area contributed by atoms with E-state index in [1.54, 1.807) is 0 Å². The Morgan fingerprint density at radius 1 is 1.38 bits per heavy atom. The van der Waals surface area contributed by atoms with Gasteiger partial charge in [-0.15, -0.1) is 12.4 Å². The third-order valence-corrected chi connectivity index (χ3v) is 4.05. The normalized spacial score (nSPS) is 28.0. The van der Waals surface area contributed by atoms with Gasteiger partial charge in [0.05, 0.1) is 5.25 Å². The summed E-state index contributed by atoms with van der Waals surface area (Å²) < 4.78 is 45.4. The summed E-state index contributed by atoms with van der Waals surface area (Å²) in [5.41, 5.74) is 5.23. The average molecular weight is 236 g/mol. The van der Waals surface area contributed by atoms with Crippen LogP contribution >= 0.6 is 12.4 Å². The fourth-order valence-electron chi connectivity index (χ4n) is 1.28. The van der Waals surface area contributed by atoms with Gasteiger partial charge < -0.3 is 5.73 Å². The average Bonchev–Trinajstić information content (AvgIpc) is 1.84. The number of alkyl halides is 2. The first-order chi connectivity index (χ1) is 5.48. The number of rotatable bonds is 3. The van der Waals surface area contributed by atoms with Gasteiger partial charge in [-0.1, -0.05) is 0 Å². The molecule has 7 heteroatoms.